The van der Waals surface area contributed by atoms with Crippen LogP contribution in [0.25, 0.3) is 0 Å². The molecule has 0 bridgehead atoms. The summed E-state index contributed by atoms with van der Waals surface area (Å²) in [5, 5.41) is 0. The van der Waals surface area contributed by atoms with Gasteiger partial charge >= 0.3 is 6.09 Å². The van der Waals surface area contributed by atoms with E-state index in [9.17, 15) is 9.59 Å². The third-order valence-electron chi connectivity index (χ3n) is 3.58. The molecule has 100 valence electrons. The number of rotatable bonds is 1. The lowest BCUT2D eigenvalue weighted by Gasteiger charge is -2.32. The fraction of sp³-hybridized carbons (Fsp3) is 0.385. The molecule has 0 radical (unpaired) electrons. The molecule has 1 aromatic rings. The summed E-state index contributed by atoms with van der Waals surface area (Å²) >= 11 is 0. The Morgan fingerprint density at radius 3 is 2.79 bits per heavy atom. The molecule has 2 amide bonds. The number of benzene rings is 1. The molecule has 5 nitrogen and oxygen atoms in total. The fourth-order valence-corrected chi connectivity index (χ4v) is 2.97. The molecule has 2 fully saturated rings. The number of carbonyl (C=O) groups is 2. The van der Waals surface area contributed by atoms with Crippen molar-refractivity contribution in [2.45, 2.75) is 18.6 Å². The van der Waals surface area contributed by atoms with E-state index >= 15 is 0 Å². The summed E-state index contributed by atoms with van der Waals surface area (Å²) < 4.78 is 7.33. The van der Waals surface area contributed by atoms with Crippen molar-refractivity contribution in [3.05, 3.63) is 35.9 Å². The third-order valence-corrected chi connectivity index (χ3v) is 4.04. The molecule has 6 heteroatoms. The minimum Gasteiger partial charge on any atom is -0.442 e. The first-order valence-corrected chi connectivity index (χ1v) is 6.77. The average molecular weight is 278 g/mol. The summed E-state index contributed by atoms with van der Waals surface area (Å²) in [4.78, 5) is 25.6. The topological polar surface area (TPSA) is 49.9 Å². The standard InChI is InChI=1S/C13H15N2O3P/c16-12(9-4-2-1-3-5-9)15-10-6-7-14(19)8-11(10)18-13(15)17/h1-5,10-11H,6-8,19H2. The van der Waals surface area contributed by atoms with Crippen molar-refractivity contribution in [1.82, 2.24) is 9.57 Å². The average Bonchev–Trinajstić information content (AvgIpc) is 2.74. The van der Waals surface area contributed by atoms with E-state index in [2.05, 4.69) is 9.39 Å². The molecule has 2 aliphatic heterocycles. The SMILES string of the molecule is O=C1OC2CN(P)CCC2N1C(=O)c1ccccc1. The van der Waals surface area contributed by atoms with Crippen molar-refractivity contribution in [1.29, 1.82) is 0 Å². The fourth-order valence-electron chi connectivity index (χ4n) is 2.61. The molecule has 0 spiro atoms. The van der Waals surface area contributed by atoms with Crippen LogP contribution in [-0.4, -0.2) is 46.8 Å². The molecule has 0 saturated carbocycles. The molecule has 3 rings (SSSR count). The number of nitrogens with zero attached hydrogens (tertiary/aromatic N) is 2. The van der Waals surface area contributed by atoms with Crippen molar-refractivity contribution in [2.75, 3.05) is 13.1 Å². The third kappa shape index (κ3) is 2.24. The molecule has 3 atom stereocenters. The van der Waals surface area contributed by atoms with Gasteiger partial charge in [0.2, 0.25) is 0 Å². The highest BCUT2D eigenvalue weighted by atomic mass is 31.0. The number of fused-ring (bicyclic) bond motifs is 1. The minimum absolute atomic E-state index is 0.142. The molecular weight excluding hydrogens is 263 g/mol. The molecule has 0 aliphatic carbocycles. The predicted molar refractivity (Wildman–Crippen MR) is 72.6 cm³/mol. The van der Waals surface area contributed by atoms with Gasteiger partial charge in [-0.1, -0.05) is 27.6 Å². The zero-order chi connectivity index (χ0) is 13.4. The van der Waals surface area contributed by atoms with Crippen molar-refractivity contribution in [3.63, 3.8) is 0 Å². The first kappa shape index (κ1) is 12.6. The first-order chi connectivity index (χ1) is 9.16. The van der Waals surface area contributed by atoms with E-state index in [0.29, 0.717) is 12.1 Å². The molecular formula is C13H15N2O3P. The second kappa shape index (κ2) is 4.91. The van der Waals surface area contributed by atoms with Gasteiger partial charge in [0.1, 0.15) is 6.10 Å². The van der Waals surface area contributed by atoms with Gasteiger partial charge in [0.15, 0.2) is 0 Å². The highest BCUT2D eigenvalue weighted by Gasteiger charge is 2.47. The second-order valence-electron chi connectivity index (χ2n) is 4.81. The van der Waals surface area contributed by atoms with Crippen LogP contribution in [0.5, 0.6) is 0 Å². The van der Waals surface area contributed by atoms with E-state index in [1.165, 1.54) is 4.90 Å². The highest BCUT2D eigenvalue weighted by Crippen LogP contribution is 2.29. The Kier molecular flexibility index (Phi) is 3.25. The summed E-state index contributed by atoms with van der Waals surface area (Å²) in [6, 6.07) is 8.71. The molecule has 2 saturated heterocycles. The van der Waals surface area contributed by atoms with E-state index in [4.69, 9.17) is 4.74 Å². The molecule has 3 unspecified atom stereocenters. The zero-order valence-corrected chi connectivity index (χ0v) is 11.5. The molecule has 0 N–H and O–H groups in total. The van der Waals surface area contributed by atoms with Crippen LogP contribution in [0.4, 0.5) is 4.79 Å². The number of piperidine rings is 1. The Labute approximate surface area is 113 Å². The van der Waals surface area contributed by atoms with Crippen molar-refractivity contribution < 1.29 is 14.3 Å². The Morgan fingerprint density at radius 2 is 2.05 bits per heavy atom. The summed E-state index contributed by atoms with van der Waals surface area (Å²) in [6.07, 6.45) is 0.00827. The van der Waals surface area contributed by atoms with Crippen LogP contribution in [-0.2, 0) is 4.74 Å². The van der Waals surface area contributed by atoms with Crippen LogP contribution in [0.3, 0.4) is 0 Å². The number of hydrogen-bond acceptors (Lipinski definition) is 4. The second-order valence-corrected chi connectivity index (χ2v) is 5.54. The first-order valence-electron chi connectivity index (χ1n) is 6.25. The largest absolute Gasteiger partial charge is 0.442 e. The molecule has 2 heterocycles. The predicted octanol–water partition coefficient (Wildman–Crippen LogP) is 1.51. The van der Waals surface area contributed by atoms with Gasteiger partial charge in [0.25, 0.3) is 5.91 Å². The van der Waals surface area contributed by atoms with Crippen LogP contribution in [0.2, 0.25) is 0 Å². The molecule has 0 aromatic heterocycles. The maximum atomic E-state index is 12.4. The van der Waals surface area contributed by atoms with E-state index in [1.807, 2.05) is 10.7 Å². The van der Waals surface area contributed by atoms with Gasteiger partial charge in [-0.2, -0.15) is 0 Å². The number of ether oxygens (including phenoxy) is 1. The molecule has 1 aromatic carbocycles. The normalized spacial score (nSPS) is 27.0. The Hall–Kier alpha value is -1.45. The zero-order valence-electron chi connectivity index (χ0n) is 10.4. The van der Waals surface area contributed by atoms with Gasteiger partial charge in [-0.15, -0.1) is 0 Å². The summed E-state index contributed by atoms with van der Waals surface area (Å²) in [5.41, 5.74) is 0.522. The van der Waals surface area contributed by atoms with E-state index < -0.39 is 6.09 Å². The van der Waals surface area contributed by atoms with Gasteiger partial charge in [0, 0.05) is 18.7 Å². The van der Waals surface area contributed by atoms with Crippen LogP contribution in [0, 0.1) is 0 Å². The van der Waals surface area contributed by atoms with E-state index in [-0.39, 0.29) is 18.1 Å². The lowest BCUT2D eigenvalue weighted by atomic mass is 10.0. The Bertz CT molecular complexity index is 508. The number of hydrogen-bond donors (Lipinski definition) is 0. The summed E-state index contributed by atoms with van der Waals surface area (Å²) in [6.45, 7) is 1.49. The number of amides is 2. The maximum Gasteiger partial charge on any atom is 0.417 e. The lowest BCUT2D eigenvalue weighted by molar-refractivity contribution is 0.0742. The molecule has 19 heavy (non-hydrogen) atoms. The van der Waals surface area contributed by atoms with Gasteiger partial charge in [-0.25, -0.2) is 9.69 Å². The lowest BCUT2D eigenvalue weighted by Crippen LogP contribution is -2.48. The van der Waals surface area contributed by atoms with Crippen molar-refractivity contribution in [3.8, 4) is 0 Å². The quantitative estimate of drug-likeness (QED) is 0.731. The smallest absolute Gasteiger partial charge is 0.417 e. The monoisotopic (exact) mass is 278 g/mol. The molecule has 2 aliphatic rings. The van der Waals surface area contributed by atoms with E-state index in [1.54, 1.807) is 24.3 Å². The van der Waals surface area contributed by atoms with Crippen molar-refractivity contribution >= 4 is 21.4 Å². The van der Waals surface area contributed by atoms with Crippen LogP contribution in [0.15, 0.2) is 30.3 Å². The van der Waals surface area contributed by atoms with Gasteiger partial charge in [-0.05, 0) is 18.6 Å². The number of imide groups is 1. The van der Waals surface area contributed by atoms with E-state index in [0.717, 1.165) is 13.0 Å². The van der Waals surface area contributed by atoms with Gasteiger partial charge in [-0.3, -0.25) is 9.46 Å². The van der Waals surface area contributed by atoms with Gasteiger partial charge < -0.3 is 4.74 Å². The summed E-state index contributed by atoms with van der Waals surface area (Å²) in [7, 11) is 2.61. The van der Waals surface area contributed by atoms with Crippen LogP contribution < -0.4 is 0 Å². The maximum absolute atomic E-state index is 12.4. The van der Waals surface area contributed by atoms with Gasteiger partial charge in [0.05, 0.1) is 6.04 Å². The van der Waals surface area contributed by atoms with Crippen LogP contribution in [0.1, 0.15) is 16.8 Å². The van der Waals surface area contributed by atoms with Crippen LogP contribution >= 0.6 is 9.39 Å². The summed E-state index contributed by atoms with van der Waals surface area (Å²) in [5.74, 6) is -0.268. The number of carbonyl (C=O) groups excluding carboxylic acids is 2. The van der Waals surface area contributed by atoms with Crippen molar-refractivity contribution in [2.24, 2.45) is 0 Å². The minimum atomic E-state index is -0.524. The Balaban J connectivity index is 1.84. The highest BCUT2D eigenvalue weighted by molar-refractivity contribution is 7.13. The Morgan fingerprint density at radius 1 is 1.32 bits per heavy atom.